The van der Waals surface area contributed by atoms with E-state index in [1.165, 1.54) is 0 Å². The van der Waals surface area contributed by atoms with Crippen LogP contribution in [-0.2, 0) is 0 Å². The molecule has 0 saturated heterocycles. The topological polar surface area (TPSA) is 72.9 Å². The molecule has 0 fully saturated rings. The van der Waals surface area contributed by atoms with Gasteiger partial charge in [0.15, 0.2) is 5.69 Å². The molecule has 0 bridgehead atoms. The molecule has 3 N–H and O–H groups in total. The maximum absolute atomic E-state index is 12.4. The number of aromatic nitrogens is 2. The SMILES string of the molecule is CCC(CC)(CN)NC(=O)c1ccn(-c2cccc(Br)c2)n1.Cl. The third-order valence-electron chi connectivity index (χ3n) is 4.02. The standard InChI is InChI=1S/C16H21BrN4O.ClH/c1-3-16(4-2,11-18)19-15(22)14-8-9-21(20-14)13-7-5-6-12(17)10-13;/h5-10H,3-4,11,18H2,1-2H3,(H,19,22);1H. The number of rotatable bonds is 6. The molecule has 0 aliphatic carbocycles. The van der Waals surface area contributed by atoms with Gasteiger partial charge in [-0.25, -0.2) is 4.68 Å². The third kappa shape index (κ3) is 4.56. The first kappa shape index (κ1) is 19.7. The van der Waals surface area contributed by atoms with Crippen LogP contribution >= 0.6 is 28.3 Å². The zero-order valence-corrected chi connectivity index (χ0v) is 15.7. The highest BCUT2D eigenvalue weighted by atomic mass is 79.9. The van der Waals surface area contributed by atoms with E-state index < -0.39 is 0 Å². The molecule has 0 saturated carbocycles. The zero-order valence-electron chi connectivity index (χ0n) is 13.3. The third-order valence-corrected chi connectivity index (χ3v) is 4.51. The van der Waals surface area contributed by atoms with Gasteiger partial charge in [0.25, 0.3) is 5.91 Å². The van der Waals surface area contributed by atoms with Crippen molar-refractivity contribution in [3.63, 3.8) is 0 Å². The smallest absolute Gasteiger partial charge is 0.272 e. The van der Waals surface area contributed by atoms with Crippen molar-refractivity contribution >= 4 is 34.2 Å². The predicted octanol–water partition coefficient (Wildman–Crippen LogP) is 3.30. The Labute approximate surface area is 151 Å². The minimum Gasteiger partial charge on any atom is -0.344 e. The second-order valence-electron chi connectivity index (χ2n) is 5.27. The number of hydrogen-bond acceptors (Lipinski definition) is 3. The lowest BCUT2D eigenvalue weighted by Gasteiger charge is -2.31. The molecule has 126 valence electrons. The van der Waals surface area contributed by atoms with Crippen molar-refractivity contribution < 1.29 is 4.79 Å². The molecule has 0 aliphatic rings. The maximum Gasteiger partial charge on any atom is 0.272 e. The number of benzene rings is 1. The van der Waals surface area contributed by atoms with Crippen molar-refractivity contribution in [2.45, 2.75) is 32.2 Å². The van der Waals surface area contributed by atoms with Crippen LogP contribution in [0.1, 0.15) is 37.2 Å². The molecular weight excluding hydrogens is 380 g/mol. The van der Waals surface area contributed by atoms with Gasteiger partial charge in [0.1, 0.15) is 0 Å². The van der Waals surface area contributed by atoms with Gasteiger partial charge in [-0.3, -0.25) is 4.79 Å². The Morgan fingerprint density at radius 1 is 1.35 bits per heavy atom. The lowest BCUT2D eigenvalue weighted by molar-refractivity contribution is 0.0889. The molecule has 2 aromatic rings. The highest BCUT2D eigenvalue weighted by Crippen LogP contribution is 2.16. The van der Waals surface area contributed by atoms with E-state index >= 15 is 0 Å². The van der Waals surface area contributed by atoms with Gasteiger partial charge in [-0.05, 0) is 37.1 Å². The van der Waals surface area contributed by atoms with E-state index in [4.69, 9.17) is 5.73 Å². The minimum atomic E-state index is -0.364. The Morgan fingerprint density at radius 3 is 2.61 bits per heavy atom. The number of hydrogen-bond donors (Lipinski definition) is 2. The van der Waals surface area contributed by atoms with Crippen LogP contribution in [0.3, 0.4) is 0 Å². The lowest BCUT2D eigenvalue weighted by Crippen LogP contribution is -2.53. The fourth-order valence-corrected chi connectivity index (χ4v) is 2.67. The fourth-order valence-electron chi connectivity index (χ4n) is 2.28. The van der Waals surface area contributed by atoms with E-state index in [0.717, 1.165) is 23.0 Å². The highest BCUT2D eigenvalue weighted by molar-refractivity contribution is 9.10. The highest BCUT2D eigenvalue weighted by Gasteiger charge is 2.27. The van der Waals surface area contributed by atoms with E-state index in [-0.39, 0.29) is 23.9 Å². The van der Waals surface area contributed by atoms with Crippen LogP contribution in [0, 0.1) is 0 Å². The molecule has 1 amide bonds. The molecule has 5 nitrogen and oxygen atoms in total. The van der Waals surface area contributed by atoms with E-state index in [1.54, 1.807) is 16.9 Å². The number of nitrogens with zero attached hydrogens (tertiary/aromatic N) is 2. The van der Waals surface area contributed by atoms with Crippen LogP contribution in [0.2, 0.25) is 0 Å². The normalized spacial score (nSPS) is 11.0. The van der Waals surface area contributed by atoms with Crippen LogP contribution < -0.4 is 11.1 Å². The predicted molar refractivity (Wildman–Crippen MR) is 98.3 cm³/mol. The molecule has 1 heterocycles. The summed E-state index contributed by atoms with van der Waals surface area (Å²) in [7, 11) is 0. The summed E-state index contributed by atoms with van der Waals surface area (Å²) >= 11 is 3.43. The van der Waals surface area contributed by atoms with Crippen LogP contribution in [0.15, 0.2) is 41.0 Å². The summed E-state index contributed by atoms with van der Waals surface area (Å²) in [6.45, 7) is 4.46. The van der Waals surface area contributed by atoms with Gasteiger partial charge in [0.05, 0.1) is 11.2 Å². The molecule has 2 rings (SSSR count). The van der Waals surface area contributed by atoms with Crippen molar-refractivity contribution in [2.75, 3.05) is 6.54 Å². The van der Waals surface area contributed by atoms with E-state index in [2.05, 4.69) is 26.3 Å². The molecule has 1 aromatic heterocycles. The summed E-state index contributed by atoms with van der Waals surface area (Å²) < 4.78 is 2.65. The Bertz CT molecular complexity index is 647. The van der Waals surface area contributed by atoms with E-state index in [9.17, 15) is 4.79 Å². The summed E-state index contributed by atoms with van der Waals surface area (Å²) in [4.78, 5) is 12.4. The second kappa shape index (κ2) is 8.47. The van der Waals surface area contributed by atoms with Gasteiger partial charge in [0, 0.05) is 17.2 Å². The average molecular weight is 402 g/mol. The zero-order chi connectivity index (χ0) is 16.2. The van der Waals surface area contributed by atoms with Gasteiger partial charge in [-0.1, -0.05) is 35.8 Å². The van der Waals surface area contributed by atoms with Crippen molar-refractivity contribution in [3.05, 3.63) is 46.7 Å². The Kier molecular flexibility index (Phi) is 7.25. The first-order valence-electron chi connectivity index (χ1n) is 7.38. The monoisotopic (exact) mass is 400 g/mol. The number of carbonyl (C=O) groups excluding carboxylic acids is 1. The first-order chi connectivity index (χ1) is 10.5. The molecule has 0 aliphatic heterocycles. The second-order valence-corrected chi connectivity index (χ2v) is 6.19. The molecule has 0 atom stereocenters. The molecule has 0 unspecified atom stereocenters. The van der Waals surface area contributed by atoms with Gasteiger partial charge in [-0.2, -0.15) is 5.10 Å². The van der Waals surface area contributed by atoms with Gasteiger partial charge in [-0.15, -0.1) is 12.4 Å². The summed E-state index contributed by atoms with van der Waals surface area (Å²) in [5, 5.41) is 7.37. The largest absolute Gasteiger partial charge is 0.344 e. The minimum absolute atomic E-state index is 0. The van der Waals surface area contributed by atoms with Crippen molar-refractivity contribution in [1.29, 1.82) is 0 Å². The maximum atomic E-state index is 12.4. The van der Waals surface area contributed by atoms with Crippen LogP contribution in [0.25, 0.3) is 5.69 Å². The quantitative estimate of drug-likeness (QED) is 0.780. The van der Waals surface area contributed by atoms with E-state index in [1.807, 2.05) is 38.1 Å². The number of amides is 1. The fraction of sp³-hybridized carbons (Fsp3) is 0.375. The van der Waals surface area contributed by atoms with Crippen molar-refractivity contribution in [3.8, 4) is 5.69 Å². The number of halogens is 2. The Morgan fingerprint density at radius 2 is 2.04 bits per heavy atom. The van der Waals surface area contributed by atoms with Gasteiger partial charge >= 0.3 is 0 Å². The molecule has 23 heavy (non-hydrogen) atoms. The number of nitrogens with one attached hydrogen (secondary N) is 1. The van der Waals surface area contributed by atoms with Crippen LogP contribution in [0.5, 0.6) is 0 Å². The summed E-state index contributed by atoms with van der Waals surface area (Å²) in [6.07, 6.45) is 3.36. The van der Waals surface area contributed by atoms with Crippen molar-refractivity contribution in [1.82, 2.24) is 15.1 Å². The van der Waals surface area contributed by atoms with Crippen LogP contribution in [-0.4, -0.2) is 27.8 Å². The van der Waals surface area contributed by atoms with Gasteiger partial charge < -0.3 is 11.1 Å². The first-order valence-corrected chi connectivity index (χ1v) is 8.17. The van der Waals surface area contributed by atoms with Gasteiger partial charge in [0.2, 0.25) is 0 Å². The van der Waals surface area contributed by atoms with Crippen molar-refractivity contribution in [2.24, 2.45) is 5.73 Å². The number of nitrogens with two attached hydrogens (primary N) is 1. The molecule has 0 radical (unpaired) electrons. The summed E-state index contributed by atoms with van der Waals surface area (Å²) in [6, 6.07) is 9.45. The lowest BCUT2D eigenvalue weighted by atomic mass is 9.93. The molecule has 1 aromatic carbocycles. The molecular formula is C16H22BrClN4O. The summed E-state index contributed by atoms with van der Waals surface area (Å²) in [5.74, 6) is -0.192. The Balaban J connectivity index is 0.00000264. The van der Waals surface area contributed by atoms with E-state index in [0.29, 0.717) is 12.2 Å². The molecule has 0 spiro atoms. The summed E-state index contributed by atoms with van der Waals surface area (Å²) in [5.41, 5.74) is 6.74. The molecule has 7 heteroatoms. The average Bonchev–Trinajstić information content (AvgIpc) is 3.03. The number of carbonyl (C=O) groups is 1. The van der Waals surface area contributed by atoms with Crippen LogP contribution in [0.4, 0.5) is 0 Å². The Hall–Kier alpha value is -1.37.